The van der Waals surface area contributed by atoms with Crippen LogP contribution in [0.5, 0.6) is 11.5 Å². The van der Waals surface area contributed by atoms with E-state index in [1.54, 1.807) is 25.3 Å². The lowest BCUT2D eigenvalue weighted by Gasteiger charge is -2.43. The first-order chi connectivity index (χ1) is 13.3. The molecule has 1 saturated heterocycles. The molecule has 0 radical (unpaired) electrons. The summed E-state index contributed by atoms with van der Waals surface area (Å²) in [6, 6.07) is 10.9. The SMILES string of the molecule is COc1ccc(Cl)cc1-c1ccc(OC2OC(CO)CC(O)[C@]2(C)O)c(C)c1. The molecular formula is C21H25ClO6. The van der Waals surface area contributed by atoms with Gasteiger partial charge in [-0.3, -0.25) is 0 Å². The molecule has 2 aromatic rings. The van der Waals surface area contributed by atoms with Crippen molar-refractivity contribution in [2.75, 3.05) is 13.7 Å². The smallest absolute Gasteiger partial charge is 0.231 e. The largest absolute Gasteiger partial charge is 0.496 e. The van der Waals surface area contributed by atoms with Crippen LogP contribution in [-0.4, -0.2) is 53.1 Å². The summed E-state index contributed by atoms with van der Waals surface area (Å²) < 4.78 is 16.9. The molecule has 0 aromatic heterocycles. The second-order valence-electron chi connectivity index (χ2n) is 7.19. The van der Waals surface area contributed by atoms with Crippen LogP contribution in [0.1, 0.15) is 18.9 Å². The first-order valence-corrected chi connectivity index (χ1v) is 9.42. The average Bonchev–Trinajstić information content (AvgIpc) is 2.66. The molecule has 0 spiro atoms. The van der Waals surface area contributed by atoms with Crippen LogP contribution in [0.25, 0.3) is 11.1 Å². The summed E-state index contributed by atoms with van der Waals surface area (Å²) in [5.74, 6) is 1.20. The Kier molecular flexibility index (Phi) is 6.17. The maximum absolute atomic E-state index is 10.6. The fraction of sp³-hybridized carbons (Fsp3) is 0.429. The predicted octanol–water partition coefficient (Wildman–Crippen LogP) is 2.92. The summed E-state index contributed by atoms with van der Waals surface area (Å²) in [7, 11) is 1.60. The first-order valence-electron chi connectivity index (χ1n) is 9.04. The van der Waals surface area contributed by atoms with Gasteiger partial charge in [-0.25, -0.2) is 0 Å². The van der Waals surface area contributed by atoms with E-state index in [-0.39, 0.29) is 13.0 Å². The molecule has 0 saturated carbocycles. The number of ether oxygens (including phenoxy) is 3. The fourth-order valence-electron chi connectivity index (χ4n) is 3.25. The minimum absolute atomic E-state index is 0.135. The second kappa shape index (κ2) is 8.27. The molecule has 3 N–H and O–H groups in total. The van der Waals surface area contributed by atoms with Crippen molar-refractivity contribution in [1.29, 1.82) is 0 Å². The monoisotopic (exact) mass is 408 g/mol. The molecule has 0 bridgehead atoms. The second-order valence-corrected chi connectivity index (χ2v) is 7.63. The number of benzene rings is 2. The Balaban J connectivity index is 1.88. The first kappa shape index (κ1) is 20.9. The highest BCUT2D eigenvalue weighted by Crippen LogP contribution is 2.36. The summed E-state index contributed by atoms with van der Waals surface area (Å²) in [5.41, 5.74) is 0.946. The maximum atomic E-state index is 10.6. The molecular weight excluding hydrogens is 384 g/mol. The number of aryl methyl sites for hydroxylation is 1. The average molecular weight is 409 g/mol. The fourth-order valence-corrected chi connectivity index (χ4v) is 3.42. The Morgan fingerprint density at radius 2 is 1.93 bits per heavy atom. The van der Waals surface area contributed by atoms with Crippen LogP contribution in [0.4, 0.5) is 0 Å². The van der Waals surface area contributed by atoms with Crippen molar-refractivity contribution in [2.45, 2.75) is 44.4 Å². The van der Waals surface area contributed by atoms with Crippen molar-refractivity contribution in [1.82, 2.24) is 0 Å². The normalized spacial score (nSPS) is 27.5. The van der Waals surface area contributed by atoms with E-state index < -0.39 is 24.1 Å². The lowest BCUT2D eigenvalue weighted by molar-refractivity contribution is -0.283. The van der Waals surface area contributed by atoms with E-state index in [4.69, 9.17) is 25.8 Å². The lowest BCUT2D eigenvalue weighted by Crippen LogP contribution is -2.60. The van der Waals surface area contributed by atoms with Gasteiger partial charge in [0.15, 0.2) is 0 Å². The summed E-state index contributed by atoms with van der Waals surface area (Å²) >= 11 is 6.13. The minimum Gasteiger partial charge on any atom is -0.496 e. The van der Waals surface area contributed by atoms with Crippen molar-refractivity contribution in [3.63, 3.8) is 0 Å². The molecule has 1 heterocycles. The highest BCUT2D eigenvalue weighted by Gasteiger charge is 2.48. The van der Waals surface area contributed by atoms with Crippen LogP contribution < -0.4 is 9.47 Å². The van der Waals surface area contributed by atoms with Gasteiger partial charge in [-0.2, -0.15) is 0 Å². The number of halogens is 1. The van der Waals surface area contributed by atoms with Gasteiger partial charge in [0.2, 0.25) is 6.29 Å². The molecule has 28 heavy (non-hydrogen) atoms. The third kappa shape index (κ3) is 4.11. The summed E-state index contributed by atoms with van der Waals surface area (Å²) in [6.07, 6.45) is -2.65. The molecule has 152 valence electrons. The number of hydrogen-bond donors (Lipinski definition) is 3. The van der Waals surface area contributed by atoms with Crippen molar-refractivity contribution in [2.24, 2.45) is 0 Å². The van der Waals surface area contributed by atoms with Gasteiger partial charge in [-0.15, -0.1) is 0 Å². The molecule has 1 aliphatic heterocycles. The number of methoxy groups -OCH3 is 1. The van der Waals surface area contributed by atoms with Gasteiger partial charge < -0.3 is 29.5 Å². The maximum Gasteiger partial charge on any atom is 0.231 e. The molecule has 3 rings (SSSR count). The molecule has 7 heteroatoms. The van der Waals surface area contributed by atoms with Crippen LogP contribution >= 0.6 is 11.6 Å². The van der Waals surface area contributed by atoms with Crippen molar-refractivity contribution < 1.29 is 29.5 Å². The van der Waals surface area contributed by atoms with Crippen LogP contribution in [0.3, 0.4) is 0 Å². The Hall–Kier alpha value is -1.83. The molecule has 1 aliphatic rings. The topological polar surface area (TPSA) is 88.4 Å². The zero-order chi connectivity index (χ0) is 20.5. The van der Waals surface area contributed by atoms with Gasteiger partial charge in [-0.1, -0.05) is 17.7 Å². The number of hydrogen-bond acceptors (Lipinski definition) is 6. The van der Waals surface area contributed by atoms with Crippen molar-refractivity contribution in [3.8, 4) is 22.6 Å². The van der Waals surface area contributed by atoms with Gasteiger partial charge in [0, 0.05) is 17.0 Å². The summed E-state index contributed by atoms with van der Waals surface area (Å²) in [5, 5.41) is 30.7. The van der Waals surface area contributed by atoms with E-state index in [0.29, 0.717) is 16.5 Å². The highest BCUT2D eigenvalue weighted by atomic mass is 35.5. The Morgan fingerprint density at radius 1 is 1.21 bits per heavy atom. The third-order valence-electron chi connectivity index (χ3n) is 5.04. The van der Waals surface area contributed by atoms with Gasteiger partial charge in [0.1, 0.15) is 17.1 Å². The molecule has 0 amide bonds. The van der Waals surface area contributed by atoms with Crippen LogP contribution in [0, 0.1) is 6.92 Å². The molecule has 6 nitrogen and oxygen atoms in total. The Morgan fingerprint density at radius 3 is 2.57 bits per heavy atom. The molecule has 0 aliphatic carbocycles. The van der Waals surface area contributed by atoms with Crippen LogP contribution in [-0.2, 0) is 4.74 Å². The number of aliphatic hydroxyl groups is 3. The third-order valence-corrected chi connectivity index (χ3v) is 5.27. The van der Waals surface area contributed by atoms with Crippen LogP contribution in [0.15, 0.2) is 36.4 Å². The molecule has 1 fully saturated rings. The molecule has 3 unspecified atom stereocenters. The molecule has 4 atom stereocenters. The summed E-state index contributed by atoms with van der Waals surface area (Å²) in [6.45, 7) is 3.06. The van der Waals surface area contributed by atoms with E-state index in [1.165, 1.54) is 6.92 Å². The number of aliphatic hydroxyl groups excluding tert-OH is 2. The number of rotatable bonds is 5. The van der Waals surface area contributed by atoms with E-state index in [2.05, 4.69) is 0 Å². The van der Waals surface area contributed by atoms with Crippen LogP contribution in [0.2, 0.25) is 5.02 Å². The van der Waals surface area contributed by atoms with Gasteiger partial charge in [0.25, 0.3) is 0 Å². The zero-order valence-corrected chi connectivity index (χ0v) is 16.8. The predicted molar refractivity (Wildman–Crippen MR) is 106 cm³/mol. The standard InChI is InChI=1S/C21H25ClO6/c1-12-8-13(16-9-14(22)5-7-18(16)26-3)4-6-17(12)28-20-21(2,25)19(24)10-15(11-23)27-20/h4-9,15,19-20,23-25H,10-11H2,1-3H3/t15?,19?,20?,21-/m0/s1. The highest BCUT2D eigenvalue weighted by molar-refractivity contribution is 6.31. The quantitative estimate of drug-likeness (QED) is 0.705. The van der Waals surface area contributed by atoms with Crippen molar-refractivity contribution >= 4 is 11.6 Å². The lowest BCUT2D eigenvalue weighted by atomic mass is 9.90. The Bertz CT molecular complexity index is 838. The zero-order valence-electron chi connectivity index (χ0n) is 16.1. The van der Waals surface area contributed by atoms with E-state index >= 15 is 0 Å². The van der Waals surface area contributed by atoms with E-state index in [1.807, 2.05) is 25.1 Å². The van der Waals surface area contributed by atoms with Gasteiger partial charge in [0.05, 0.1) is 25.9 Å². The van der Waals surface area contributed by atoms with Gasteiger partial charge >= 0.3 is 0 Å². The molecule has 2 aromatic carbocycles. The van der Waals surface area contributed by atoms with Crippen molar-refractivity contribution in [3.05, 3.63) is 47.0 Å². The van der Waals surface area contributed by atoms with Gasteiger partial charge in [-0.05, 0) is 55.3 Å². The van der Waals surface area contributed by atoms with E-state index in [9.17, 15) is 15.3 Å². The Labute approximate surface area is 169 Å². The summed E-state index contributed by atoms with van der Waals surface area (Å²) in [4.78, 5) is 0. The van der Waals surface area contributed by atoms with E-state index in [0.717, 1.165) is 16.7 Å². The minimum atomic E-state index is -1.60.